The Morgan fingerprint density at radius 2 is 2.04 bits per heavy atom. The van der Waals surface area contributed by atoms with E-state index in [1.807, 2.05) is 35.9 Å². The minimum atomic E-state index is -0.511. The number of hydrogen-bond donors (Lipinski definition) is 1. The van der Waals surface area contributed by atoms with E-state index in [2.05, 4.69) is 20.5 Å². The average Bonchev–Trinajstić information content (AvgIpc) is 2.99. The number of benzene rings is 2. The molecule has 28 heavy (non-hydrogen) atoms. The van der Waals surface area contributed by atoms with Gasteiger partial charge in [0, 0.05) is 30.3 Å². The van der Waals surface area contributed by atoms with Crippen LogP contribution in [0.1, 0.15) is 0 Å². The fraction of sp³-hybridized carbons (Fsp3) is 0.111. The van der Waals surface area contributed by atoms with Crippen molar-refractivity contribution in [2.24, 2.45) is 7.05 Å². The topological polar surface area (TPSA) is 116 Å². The van der Waals surface area contributed by atoms with Crippen molar-refractivity contribution >= 4 is 51.1 Å². The van der Waals surface area contributed by atoms with Gasteiger partial charge in [0.05, 0.1) is 16.2 Å². The number of nitrogens with zero attached hydrogens (tertiary/aromatic N) is 5. The van der Waals surface area contributed by atoms with Crippen LogP contribution in [0.3, 0.4) is 0 Å². The van der Waals surface area contributed by atoms with Crippen LogP contribution in [0.4, 0.5) is 11.4 Å². The fourth-order valence-corrected chi connectivity index (χ4v) is 3.46. The van der Waals surface area contributed by atoms with E-state index in [1.165, 1.54) is 18.2 Å². The number of fused-ring (bicyclic) bond motifs is 3. The van der Waals surface area contributed by atoms with Crippen LogP contribution in [0.15, 0.2) is 53.7 Å². The molecule has 1 N–H and O–H groups in total. The molecule has 1 amide bonds. The van der Waals surface area contributed by atoms with E-state index in [0.717, 1.165) is 22.7 Å². The third-order valence-electron chi connectivity index (χ3n) is 4.16. The normalized spacial score (nSPS) is 11.0. The van der Waals surface area contributed by atoms with Crippen LogP contribution < -0.4 is 5.32 Å². The lowest BCUT2D eigenvalue weighted by atomic mass is 10.2. The fourth-order valence-electron chi connectivity index (χ4n) is 2.88. The summed E-state index contributed by atoms with van der Waals surface area (Å²) in [5, 5.41) is 23.2. The second kappa shape index (κ2) is 7.24. The first kappa shape index (κ1) is 17.9. The highest BCUT2D eigenvalue weighted by atomic mass is 32.2. The van der Waals surface area contributed by atoms with Gasteiger partial charge >= 0.3 is 0 Å². The van der Waals surface area contributed by atoms with E-state index in [0.29, 0.717) is 22.0 Å². The largest absolute Gasteiger partial charge is 0.327 e. The number of anilines is 1. The van der Waals surface area contributed by atoms with Gasteiger partial charge in [-0.2, -0.15) is 0 Å². The molecular weight excluding hydrogens is 380 g/mol. The third-order valence-corrected chi connectivity index (χ3v) is 5.00. The lowest BCUT2D eigenvalue weighted by Gasteiger charge is -2.04. The summed E-state index contributed by atoms with van der Waals surface area (Å²) >= 11 is 1.15. The molecule has 0 saturated heterocycles. The molecule has 9 nitrogen and oxygen atoms in total. The molecule has 10 heteroatoms. The summed E-state index contributed by atoms with van der Waals surface area (Å²) in [5.74, 6) is -0.258. The van der Waals surface area contributed by atoms with Gasteiger partial charge in [0.25, 0.3) is 5.69 Å². The van der Waals surface area contributed by atoms with Crippen molar-refractivity contribution in [2.45, 2.75) is 5.16 Å². The number of thioether (sulfide) groups is 1. The van der Waals surface area contributed by atoms with E-state index in [1.54, 1.807) is 6.07 Å². The van der Waals surface area contributed by atoms with E-state index in [4.69, 9.17) is 0 Å². The van der Waals surface area contributed by atoms with Crippen LogP contribution in [0.2, 0.25) is 0 Å². The summed E-state index contributed by atoms with van der Waals surface area (Å²) in [5.41, 5.74) is 2.69. The maximum absolute atomic E-state index is 12.2. The number of aryl methyl sites for hydroxylation is 1. The highest BCUT2D eigenvalue weighted by Gasteiger charge is 2.14. The van der Waals surface area contributed by atoms with Crippen molar-refractivity contribution in [1.29, 1.82) is 0 Å². The SMILES string of the molecule is Cn1c2ccccc2c2nnc(SCC(=O)Nc3cccc([N+](=O)[O-])c3)nc21. The van der Waals surface area contributed by atoms with Crippen molar-refractivity contribution < 1.29 is 9.72 Å². The van der Waals surface area contributed by atoms with Gasteiger partial charge in [-0.3, -0.25) is 14.9 Å². The van der Waals surface area contributed by atoms with Crippen molar-refractivity contribution in [3.05, 3.63) is 58.6 Å². The van der Waals surface area contributed by atoms with E-state index in [-0.39, 0.29) is 17.3 Å². The van der Waals surface area contributed by atoms with Gasteiger partial charge in [0.1, 0.15) is 5.52 Å². The number of nitro groups is 1. The molecule has 2 aromatic carbocycles. The number of aromatic nitrogens is 4. The van der Waals surface area contributed by atoms with Crippen LogP contribution in [-0.2, 0) is 11.8 Å². The number of non-ortho nitro benzene ring substituents is 1. The highest BCUT2D eigenvalue weighted by Crippen LogP contribution is 2.26. The van der Waals surface area contributed by atoms with Crippen LogP contribution in [0.25, 0.3) is 22.1 Å². The molecule has 4 aromatic rings. The molecule has 0 unspecified atom stereocenters. The molecule has 0 radical (unpaired) electrons. The van der Waals surface area contributed by atoms with Gasteiger partial charge in [-0.1, -0.05) is 36.0 Å². The number of nitro benzene ring substituents is 1. The predicted molar refractivity (Wildman–Crippen MR) is 106 cm³/mol. The number of rotatable bonds is 5. The summed E-state index contributed by atoms with van der Waals surface area (Å²) in [7, 11) is 1.91. The van der Waals surface area contributed by atoms with Crippen molar-refractivity contribution in [1.82, 2.24) is 19.7 Å². The lowest BCUT2D eigenvalue weighted by Crippen LogP contribution is -2.14. The summed E-state index contributed by atoms with van der Waals surface area (Å²) < 4.78 is 1.94. The first-order chi connectivity index (χ1) is 13.5. The molecule has 0 aliphatic rings. The average molecular weight is 394 g/mol. The molecule has 140 valence electrons. The standard InChI is InChI=1S/C18H14N6O3S/c1-23-14-8-3-2-7-13(14)16-17(23)20-18(22-21-16)28-10-15(25)19-11-5-4-6-12(9-11)24(26)27/h2-9H,10H2,1H3,(H,19,25). The van der Waals surface area contributed by atoms with Crippen molar-refractivity contribution in [3.8, 4) is 0 Å². The van der Waals surface area contributed by atoms with E-state index >= 15 is 0 Å². The minimum absolute atomic E-state index is 0.0554. The molecule has 0 bridgehead atoms. The summed E-state index contributed by atoms with van der Waals surface area (Å²) in [6, 6.07) is 13.6. The zero-order valence-electron chi connectivity index (χ0n) is 14.7. The van der Waals surface area contributed by atoms with Crippen molar-refractivity contribution in [3.63, 3.8) is 0 Å². The quantitative estimate of drug-likeness (QED) is 0.314. The molecule has 0 aliphatic carbocycles. The molecule has 2 aromatic heterocycles. The lowest BCUT2D eigenvalue weighted by molar-refractivity contribution is -0.384. The van der Waals surface area contributed by atoms with Crippen molar-refractivity contribution in [2.75, 3.05) is 11.1 Å². The second-order valence-corrected chi connectivity index (χ2v) is 6.93. The minimum Gasteiger partial charge on any atom is -0.327 e. The molecule has 0 aliphatic heterocycles. The zero-order valence-corrected chi connectivity index (χ0v) is 15.5. The van der Waals surface area contributed by atoms with Gasteiger partial charge < -0.3 is 9.88 Å². The van der Waals surface area contributed by atoms with E-state index in [9.17, 15) is 14.9 Å². The summed E-state index contributed by atoms with van der Waals surface area (Å²) in [6.45, 7) is 0. The number of carbonyl (C=O) groups excluding carboxylic acids is 1. The number of nitrogens with one attached hydrogen (secondary N) is 1. The van der Waals surface area contributed by atoms with Crippen LogP contribution in [0, 0.1) is 10.1 Å². The number of amides is 1. The van der Waals surface area contributed by atoms with Crippen LogP contribution >= 0.6 is 11.8 Å². The smallest absolute Gasteiger partial charge is 0.271 e. The third kappa shape index (κ3) is 3.37. The summed E-state index contributed by atoms with van der Waals surface area (Å²) in [4.78, 5) is 27.0. The molecule has 4 rings (SSSR count). The molecular formula is C18H14N6O3S. The monoisotopic (exact) mass is 394 g/mol. The molecule has 0 fully saturated rings. The van der Waals surface area contributed by atoms with Crippen LogP contribution in [0.5, 0.6) is 0 Å². The molecule has 0 atom stereocenters. The Morgan fingerprint density at radius 3 is 2.86 bits per heavy atom. The maximum Gasteiger partial charge on any atom is 0.271 e. The molecule has 0 spiro atoms. The number of para-hydroxylation sites is 1. The Kier molecular flexibility index (Phi) is 4.62. The zero-order chi connectivity index (χ0) is 19.7. The maximum atomic E-state index is 12.2. The van der Waals surface area contributed by atoms with Gasteiger partial charge in [-0.15, -0.1) is 10.2 Å². The van der Waals surface area contributed by atoms with Gasteiger partial charge in [-0.05, 0) is 12.1 Å². The van der Waals surface area contributed by atoms with Gasteiger partial charge in [0.15, 0.2) is 5.65 Å². The Bertz CT molecular complexity index is 1220. The molecule has 2 heterocycles. The van der Waals surface area contributed by atoms with E-state index < -0.39 is 4.92 Å². The summed E-state index contributed by atoms with van der Waals surface area (Å²) in [6.07, 6.45) is 0. The Hall–Kier alpha value is -3.53. The Balaban J connectivity index is 1.49. The second-order valence-electron chi connectivity index (χ2n) is 5.99. The Labute approximate surface area is 162 Å². The van der Waals surface area contributed by atoms with Gasteiger partial charge in [0.2, 0.25) is 11.1 Å². The molecule has 0 saturated carbocycles. The first-order valence-corrected chi connectivity index (χ1v) is 9.26. The predicted octanol–water partition coefficient (Wildman–Crippen LogP) is 3.16. The van der Waals surface area contributed by atoms with Gasteiger partial charge in [-0.25, -0.2) is 4.98 Å². The highest BCUT2D eigenvalue weighted by molar-refractivity contribution is 7.99. The Morgan fingerprint density at radius 1 is 1.21 bits per heavy atom. The number of hydrogen-bond acceptors (Lipinski definition) is 7. The number of carbonyl (C=O) groups is 1. The van der Waals surface area contributed by atoms with Crippen LogP contribution in [-0.4, -0.2) is 36.3 Å². The first-order valence-electron chi connectivity index (χ1n) is 8.28.